The lowest BCUT2D eigenvalue weighted by Gasteiger charge is -2.30. The maximum Gasteiger partial charge on any atom is 0.327 e. The summed E-state index contributed by atoms with van der Waals surface area (Å²) in [6.45, 7) is 6.31. The Bertz CT molecular complexity index is 510. The molecule has 3 amide bonds. The number of benzene rings is 1. The van der Waals surface area contributed by atoms with Gasteiger partial charge >= 0.3 is 6.03 Å². The van der Waals surface area contributed by atoms with Crippen LogP contribution in [0, 0.1) is 5.41 Å². The zero-order valence-electron chi connectivity index (χ0n) is 12.6. The summed E-state index contributed by atoms with van der Waals surface area (Å²) >= 11 is 0. The highest BCUT2D eigenvalue weighted by Gasteiger charge is 2.44. The van der Waals surface area contributed by atoms with Crippen LogP contribution >= 0.6 is 0 Å². The fourth-order valence-electron chi connectivity index (χ4n) is 2.37. The number of carbonyl (C=O) groups is 2. The lowest BCUT2D eigenvalue weighted by atomic mass is 9.88. The van der Waals surface area contributed by atoms with Gasteiger partial charge in [-0.1, -0.05) is 51.1 Å². The molecule has 2 rings (SSSR count). The number of imide groups is 1. The molecule has 1 atom stereocenters. The third-order valence-electron chi connectivity index (χ3n) is 4.16. The second-order valence-electron chi connectivity index (χ2n) is 6.00. The van der Waals surface area contributed by atoms with E-state index in [2.05, 4.69) is 0 Å². The van der Waals surface area contributed by atoms with Gasteiger partial charge in [0.2, 0.25) is 5.91 Å². The zero-order valence-corrected chi connectivity index (χ0v) is 12.6. The quantitative estimate of drug-likeness (QED) is 0.850. The molecule has 1 saturated heterocycles. The molecule has 0 radical (unpaired) electrons. The molecule has 0 aliphatic carbocycles. The molecule has 0 N–H and O–H groups in total. The van der Waals surface area contributed by atoms with E-state index in [0.29, 0.717) is 13.0 Å². The van der Waals surface area contributed by atoms with Gasteiger partial charge in [0.25, 0.3) is 0 Å². The van der Waals surface area contributed by atoms with Crippen molar-refractivity contribution >= 4 is 11.9 Å². The highest BCUT2D eigenvalue weighted by atomic mass is 16.2. The van der Waals surface area contributed by atoms with Crippen molar-refractivity contribution in [3.05, 3.63) is 35.9 Å². The number of carbonyl (C=O) groups excluding carboxylic acids is 2. The molecule has 1 fully saturated rings. The van der Waals surface area contributed by atoms with Gasteiger partial charge in [0.05, 0.1) is 6.04 Å². The molecular weight excluding hydrogens is 252 g/mol. The zero-order chi connectivity index (χ0) is 14.9. The minimum Gasteiger partial charge on any atom is -0.325 e. The molecule has 20 heavy (non-hydrogen) atoms. The topological polar surface area (TPSA) is 40.6 Å². The summed E-state index contributed by atoms with van der Waals surface area (Å²) in [5.74, 6) is -0.0943. The summed E-state index contributed by atoms with van der Waals surface area (Å²) in [7, 11) is 1.74. The van der Waals surface area contributed by atoms with Gasteiger partial charge in [-0.25, -0.2) is 4.79 Å². The smallest absolute Gasteiger partial charge is 0.325 e. The Hall–Kier alpha value is -1.84. The molecule has 1 heterocycles. The number of likely N-dealkylation sites (N-methyl/N-ethyl adjacent to an activating group) is 1. The normalized spacial score (nSPS) is 19.6. The highest BCUT2D eigenvalue weighted by molar-refractivity contribution is 5.98. The van der Waals surface area contributed by atoms with Gasteiger partial charge in [-0.3, -0.25) is 9.69 Å². The van der Waals surface area contributed by atoms with Crippen LogP contribution in [0.25, 0.3) is 0 Å². The Labute approximate surface area is 120 Å². The van der Waals surface area contributed by atoms with E-state index in [0.717, 1.165) is 5.56 Å². The van der Waals surface area contributed by atoms with E-state index in [1.165, 1.54) is 4.90 Å². The average Bonchev–Trinajstić information content (AvgIpc) is 2.75. The van der Waals surface area contributed by atoms with E-state index in [1.54, 1.807) is 11.9 Å². The van der Waals surface area contributed by atoms with Gasteiger partial charge in [0.15, 0.2) is 0 Å². The van der Waals surface area contributed by atoms with Gasteiger partial charge < -0.3 is 4.90 Å². The predicted molar refractivity (Wildman–Crippen MR) is 78.1 cm³/mol. The minimum absolute atomic E-state index is 0.0943. The molecule has 1 aromatic rings. The van der Waals surface area contributed by atoms with Crippen LogP contribution in [0.15, 0.2) is 30.3 Å². The van der Waals surface area contributed by atoms with Crippen molar-refractivity contribution < 1.29 is 9.59 Å². The van der Waals surface area contributed by atoms with E-state index in [9.17, 15) is 9.59 Å². The SMILES string of the molecule is CCC(C)(C)C(=O)N1C(=O)N(C)C[C@H]1c1ccccc1. The maximum absolute atomic E-state index is 12.7. The molecule has 0 spiro atoms. The van der Waals surface area contributed by atoms with Crippen LogP contribution in [0.2, 0.25) is 0 Å². The third-order valence-corrected chi connectivity index (χ3v) is 4.16. The van der Waals surface area contributed by atoms with Gasteiger partial charge in [0.1, 0.15) is 0 Å². The summed E-state index contributed by atoms with van der Waals surface area (Å²) in [6, 6.07) is 9.36. The van der Waals surface area contributed by atoms with Crippen LogP contribution in [0.1, 0.15) is 38.8 Å². The Morgan fingerprint density at radius 2 is 1.90 bits per heavy atom. The monoisotopic (exact) mass is 274 g/mol. The number of nitrogens with zero attached hydrogens (tertiary/aromatic N) is 2. The summed E-state index contributed by atoms with van der Waals surface area (Å²) < 4.78 is 0. The number of urea groups is 1. The van der Waals surface area contributed by atoms with Crippen molar-refractivity contribution in [2.45, 2.75) is 33.2 Å². The molecular formula is C16H22N2O2. The van der Waals surface area contributed by atoms with Crippen molar-refractivity contribution in [3.63, 3.8) is 0 Å². The summed E-state index contributed by atoms with van der Waals surface area (Å²) in [5, 5.41) is 0. The number of rotatable bonds is 3. The van der Waals surface area contributed by atoms with Crippen LogP contribution < -0.4 is 0 Å². The molecule has 108 valence electrons. The number of hydrogen-bond donors (Lipinski definition) is 0. The largest absolute Gasteiger partial charge is 0.327 e. The first kappa shape index (κ1) is 14.6. The van der Waals surface area contributed by atoms with E-state index in [1.807, 2.05) is 51.1 Å². The standard InChI is InChI=1S/C16H22N2O2/c1-5-16(2,3)14(19)18-13(11-17(4)15(18)20)12-9-7-6-8-10-12/h6-10,13H,5,11H2,1-4H3/t13-/m0/s1. The van der Waals surface area contributed by atoms with E-state index in [4.69, 9.17) is 0 Å². The lowest BCUT2D eigenvalue weighted by Crippen LogP contribution is -2.43. The maximum atomic E-state index is 12.7. The van der Waals surface area contributed by atoms with E-state index >= 15 is 0 Å². The van der Waals surface area contributed by atoms with Gasteiger partial charge in [-0.2, -0.15) is 0 Å². The van der Waals surface area contributed by atoms with Crippen molar-refractivity contribution in [2.75, 3.05) is 13.6 Å². The first-order valence-corrected chi connectivity index (χ1v) is 7.02. The average molecular weight is 274 g/mol. The molecule has 0 unspecified atom stereocenters. The molecule has 4 nitrogen and oxygen atoms in total. The van der Waals surface area contributed by atoms with Crippen LogP contribution in [-0.4, -0.2) is 35.3 Å². The summed E-state index contributed by atoms with van der Waals surface area (Å²) in [5.41, 5.74) is 0.485. The molecule has 1 aliphatic heterocycles. The highest BCUT2D eigenvalue weighted by Crippen LogP contribution is 2.34. The minimum atomic E-state index is -0.520. The molecule has 1 aromatic carbocycles. The van der Waals surface area contributed by atoms with Crippen molar-refractivity contribution in [1.82, 2.24) is 9.80 Å². The molecule has 0 bridgehead atoms. The molecule has 4 heteroatoms. The van der Waals surface area contributed by atoms with Crippen LogP contribution in [0.5, 0.6) is 0 Å². The molecule has 1 aliphatic rings. The Morgan fingerprint density at radius 1 is 1.30 bits per heavy atom. The van der Waals surface area contributed by atoms with E-state index < -0.39 is 5.41 Å². The predicted octanol–water partition coefficient (Wildman–Crippen LogP) is 3.06. The fraction of sp³-hybridized carbons (Fsp3) is 0.500. The van der Waals surface area contributed by atoms with Crippen LogP contribution in [0.3, 0.4) is 0 Å². The Kier molecular flexibility index (Phi) is 3.84. The molecule has 0 aromatic heterocycles. The Balaban J connectivity index is 2.37. The Morgan fingerprint density at radius 3 is 2.45 bits per heavy atom. The molecule has 0 saturated carbocycles. The third kappa shape index (κ3) is 2.42. The van der Waals surface area contributed by atoms with Crippen molar-refractivity contribution in [2.24, 2.45) is 5.41 Å². The summed E-state index contributed by atoms with van der Waals surface area (Å²) in [4.78, 5) is 28.1. The number of amides is 3. The fourth-order valence-corrected chi connectivity index (χ4v) is 2.37. The second kappa shape index (κ2) is 5.27. The van der Waals surface area contributed by atoms with Crippen molar-refractivity contribution in [3.8, 4) is 0 Å². The number of hydrogen-bond acceptors (Lipinski definition) is 2. The first-order valence-electron chi connectivity index (χ1n) is 7.02. The lowest BCUT2D eigenvalue weighted by molar-refractivity contribution is -0.138. The second-order valence-corrected chi connectivity index (χ2v) is 6.00. The van der Waals surface area contributed by atoms with Crippen molar-refractivity contribution in [1.29, 1.82) is 0 Å². The van der Waals surface area contributed by atoms with Gasteiger partial charge in [-0.15, -0.1) is 0 Å². The van der Waals surface area contributed by atoms with Crippen LogP contribution in [0.4, 0.5) is 4.79 Å². The van der Waals surface area contributed by atoms with E-state index in [-0.39, 0.29) is 18.0 Å². The van der Waals surface area contributed by atoms with Gasteiger partial charge in [-0.05, 0) is 12.0 Å². The van der Waals surface area contributed by atoms with Crippen LogP contribution in [-0.2, 0) is 4.79 Å². The first-order chi connectivity index (χ1) is 9.38. The van der Waals surface area contributed by atoms with Gasteiger partial charge in [0, 0.05) is 19.0 Å². The summed E-state index contributed by atoms with van der Waals surface area (Å²) in [6.07, 6.45) is 0.709.